The van der Waals surface area contributed by atoms with Crippen LogP contribution in [-0.2, 0) is 6.54 Å². The van der Waals surface area contributed by atoms with Crippen molar-refractivity contribution in [3.63, 3.8) is 0 Å². The molecule has 0 bridgehead atoms. The third-order valence-electron chi connectivity index (χ3n) is 3.06. The van der Waals surface area contributed by atoms with Gasteiger partial charge in [-0.25, -0.2) is 0 Å². The first-order chi connectivity index (χ1) is 9.11. The first-order valence-corrected chi connectivity index (χ1v) is 7.22. The van der Waals surface area contributed by atoms with Crippen molar-refractivity contribution in [2.45, 2.75) is 27.3 Å². The minimum absolute atomic E-state index is 0.684. The van der Waals surface area contributed by atoms with Gasteiger partial charge in [0.1, 0.15) is 12.4 Å². The lowest BCUT2D eigenvalue weighted by molar-refractivity contribution is 0.243. The summed E-state index contributed by atoms with van der Waals surface area (Å²) in [6.45, 7) is 11.3. The lowest BCUT2D eigenvalue weighted by Crippen LogP contribution is -2.23. The second-order valence-corrected chi connectivity index (χ2v) is 5.42. The number of nitrogens with zero attached hydrogens (tertiary/aromatic N) is 1. The van der Waals surface area contributed by atoms with Crippen LogP contribution in [0.2, 0.25) is 0 Å². The van der Waals surface area contributed by atoms with E-state index in [9.17, 15) is 0 Å². The molecule has 0 atom stereocenters. The Bertz CT molecular complexity index is 352. The van der Waals surface area contributed by atoms with Crippen LogP contribution in [0.4, 0.5) is 0 Å². The zero-order valence-electron chi connectivity index (χ0n) is 12.8. The summed E-state index contributed by atoms with van der Waals surface area (Å²) >= 11 is 0. The number of hydrogen-bond acceptors (Lipinski definition) is 3. The van der Waals surface area contributed by atoms with Gasteiger partial charge in [-0.2, -0.15) is 0 Å². The number of ether oxygens (including phenoxy) is 1. The molecule has 0 aromatic heterocycles. The van der Waals surface area contributed by atoms with Gasteiger partial charge in [0.15, 0.2) is 0 Å². The van der Waals surface area contributed by atoms with Gasteiger partial charge in [-0.3, -0.25) is 0 Å². The van der Waals surface area contributed by atoms with E-state index in [-0.39, 0.29) is 0 Å². The maximum Gasteiger partial charge on any atom is 0.119 e. The van der Waals surface area contributed by atoms with Crippen molar-refractivity contribution in [3.05, 3.63) is 29.8 Å². The normalized spacial score (nSPS) is 11.3. The smallest absolute Gasteiger partial charge is 0.119 e. The van der Waals surface area contributed by atoms with Gasteiger partial charge in [0.2, 0.25) is 0 Å². The molecule has 0 heterocycles. The van der Waals surface area contributed by atoms with E-state index in [1.807, 2.05) is 6.07 Å². The van der Waals surface area contributed by atoms with E-state index < -0.39 is 0 Å². The largest absolute Gasteiger partial charge is 0.492 e. The number of nitrogens with one attached hydrogen (secondary N) is 1. The molecular weight excluding hydrogens is 236 g/mol. The maximum atomic E-state index is 5.78. The predicted molar refractivity (Wildman–Crippen MR) is 81.7 cm³/mol. The number of likely N-dealkylation sites (N-methyl/N-ethyl adjacent to an activating group) is 1. The number of hydrogen-bond donors (Lipinski definition) is 1. The molecule has 0 aliphatic rings. The second-order valence-electron chi connectivity index (χ2n) is 5.42. The molecular formula is C16H28N2O. The Morgan fingerprint density at radius 2 is 2.11 bits per heavy atom. The van der Waals surface area contributed by atoms with Gasteiger partial charge in [-0.15, -0.1) is 0 Å². The summed E-state index contributed by atoms with van der Waals surface area (Å²) in [6, 6.07) is 8.35. The molecule has 1 N–H and O–H groups in total. The average molecular weight is 264 g/mol. The van der Waals surface area contributed by atoms with Gasteiger partial charge in [0, 0.05) is 13.1 Å². The van der Waals surface area contributed by atoms with E-state index in [1.54, 1.807) is 0 Å². The van der Waals surface area contributed by atoms with Gasteiger partial charge in [0.05, 0.1) is 0 Å². The molecule has 0 saturated carbocycles. The summed E-state index contributed by atoms with van der Waals surface area (Å²) in [5.74, 6) is 1.65. The summed E-state index contributed by atoms with van der Waals surface area (Å²) in [6.07, 6.45) is 0. The summed E-state index contributed by atoms with van der Waals surface area (Å²) in [5.41, 5.74) is 1.28. The minimum Gasteiger partial charge on any atom is -0.492 e. The quantitative estimate of drug-likeness (QED) is 0.742. The van der Waals surface area contributed by atoms with Crippen molar-refractivity contribution in [3.8, 4) is 5.75 Å². The van der Waals surface area contributed by atoms with E-state index in [0.29, 0.717) is 5.92 Å². The van der Waals surface area contributed by atoms with Gasteiger partial charge >= 0.3 is 0 Å². The monoisotopic (exact) mass is 264 g/mol. The second kappa shape index (κ2) is 8.94. The topological polar surface area (TPSA) is 24.5 Å². The molecule has 1 aromatic carbocycles. The molecule has 0 aliphatic carbocycles. The van der Waals surface area contributed by atoms with Crippen molar-refractivity contribution < 1.29 is 4.74 Å². The van der Waals surface area contributed by atoms with Crippen LogP contribution in [0.25, 0.3) is 0 Å². The van der Waals surface area contributed by atoms with E-state index in [1.165, 1.54) is 5.56 Å². The summed E-state index contributed by atoms with van der Waals surface area (Å²) in [5, 5.41) is 3.45. The van der Waals surface area contributed by atoms with Crippen LogP contribution in [0.3, 0.4) is 0 Å². The Morgan fingerprint density at radius 3 is 2.79 bits per heavy atom. The average Bonchev–Trinajstić information content (AvgIpc) is 2.38. The Morgan fingerprint density at radius 1 is 1.32 bits per heavy atom. The van der Waals surface area contributed by atoms with Crippen molar-refractivity contribution in [1.82, 2.24) is 10.2 Å². The fourth-order valence-corrected chi connectivity index (χ4v) is 1.73. The maximum absolute atomic E-state index is 5.78. The van der Waals surface area contributed by atoms with Crippen LogP contribution in [0.15, 0.2) is 24.3 Å². The zero-order valence-corrected chi connectivity index (χ0v) is 12.8. The molecule has 0 unspecified atom stereocenters. The van der Waals surface area contributed by atoms with Crippen LogP contribution < -0.4 is 10.1 Å². The molecule has 0 aliphatic heterocycles. The molecule has 3 nitrogen and oxygen atoms in total. The Balaban J connectivity index is 2.35. The summed E-state index contributed by atoms with van der Waals surface area (Å²) < 4.78 is 5.78. The summed E-state index contributed by atoms with van der Waals surface area (Å²) in [7, 11) is 2.11. The Hall–Kier alpha value is -1.06. The number of rotatable bonds is 9. The fourth-order valence-electron chi connectivity index (χ4n) is 1.73. The van der Waals surface area contributed by atoms with Crippen molar-refractivity contribution in [2.75, 3.05) is 33.3 Å². The van der Waals surface area contributed by atoms with Crippen LogP contribution in [-0.4, -0.2) is 38.2 Å². The molecule has 0 amide bonds. The fraction of sp³-hybridized carbons (Fsp3) is 0.625. The van der Waals surface area contributed by atoms with E-state index >= 15 is 0 Å². The molecule has 0 fully saturated rings. The van der Waals surface area contributed by atoms with Crippen molar-refractivity contribution in [1.29, 1.82) is 0 Å². The van der Waals surface area contributed by atoms with Crippen LogP contribution in [0.1, 0.15) is 26.3 Å². The molecule has 19 heavy (non-hydrogen) atoms. The first kappa shape index (κ1) is 16.0. The molecule has 1 rings (SSSR count). The van der Waals surface area contributed by atoms with E-state index in [0.717, 1.165) is 38.5 Å². The van der Waals surface area contributed by atoms with Gasteiger partial charge in [-0.1, -0.05) is 32.9 Å². The Labute approximate surface area is 118 Å². The van der Waals surface area contributed by atoms with Gasteiger partial charge in [-0.05, 0) is 43.8 Å². The molecule has 0 saturated heterocycles. The predicted octanol–water partition coefficient (Wildman–Crippen LogP) is 2.76. The lowest BCUT2D eigenvalue weighted by atomic mass is 10.2. The lowest BCUT2D eigenvalue weighted by Gasteiger charge is -2.14. The van der Waals surface area contributed by atoms with Crippen LogP contribution >= 0.6 is 0 Å². The number of benzene rings is 1. The van der Waals surface area contributed by atoms with Crippen LogP contribution in [0, 0.1) is 5.92 Å². The van der Waals surface area contributed by atoms with Gasteiger partial charge in [0.25, 0.3) is 0 Å². The zero-order chi connectivity index (χ0) is 14.1. The Kier molecular flexibility index (Phi) is 7.53. The highest BCUT2D eigenvalue weighted by Gasteiger charge is 1.99. The standard InChI is InChI=1S/C16H28N2O/c1-5-18(4)9-10-19-16-8-6-7-15(11-16)13-17-12-14(2)3/h6-8,11,14,17H,5,9-10,12-13H2,1-4H3. The third-order valence-corrected chi connectivity index (χ3v) is 3.06. The van der Waals surface area contributed by atoms with Crippen molar-refractivity contribution >= 4 is 0 Å². The highest BCUT2D eigenvalue weighted by atomic mass is 16.5. The molecule has 0 spiro atoms. The molecule has 1 aromatic rings. The van der Waals surface area contributed by atoms with E-state index in [4.69, 9.17) is 4.74 Å². The van der Waals surface area contributed by atoms with Crippen LogP contribution in [0.5, 0.6) is 5.75 Å². The van der Waals surface area contributed by atoms with Crippen molar-refractivity contribution in [2.24, 2.45) is 5.92 Å². The molecule has 3 heteroatoms. The first-order valence-electron chi connectivity index (χ1n) is 7.22. The van der Waals surface area contributed by atoms with E-state index in [2.05, 4.69) is 56.2 Å². The third kappa shape index (κ3) is 7.19. The minimum atomic E-state index is 0.684. The molecule has 0 radical (unpaired) electrons. The van der Waals surface area contributed by atoms with Gasteiger partial charge < -0.3 is 15.0 Å². The summed E-state index contributed by atoms with van der Waals surface area (Å²) in [4.78, 5) is 2.24. The highest BCUT2D eigenvalue weighted by Crippen LogP contribution is 2.13. The SMILES string of the molecule is CCN(C)CCOc1cccc(CNCC(C)C)c1. The molecule has 108 valence electrons. The highest BCUT2D eigenvalue weighted by molar-refractivity contribution is 5.28.